The normalized spacial score (nSPS) is 9.53. The van der Waals surface area contributed by atoms with Crippen molar-refractivity contribution in [3.8, 4) is 0 Å². The number of aliphatic hydroxyl groups excluding tert-OH is 1. The highest BCUT2D eigenvalue weighted by Gasteiger charge is 2.03. The van der Waals surface area contributed by atoms with Crippen LogP contribution in [0.2, 0.25) is 0 Å². The Morgan fingerprint density at radius 3 is 1.76 bits per heavy atom. The summed E-state index contributed by atoms with van der Waals surface area (Å²) >= 11 is 0. The van der Waals surface area contributed by atoms with E-state index in [0.29, 0.717) is 12.3 Å². The van der Waals surface area contributed by atoms with E-state index in [1.165, 1.54) is 0 Å². The summed E-state index contributed by atoms with van der Waals surface area (Å²) < 4.78 is 0. The van der Waals surface area contributed by atoms with E-state index < -0.39 is 17.6 Å². The molecule has 0 saturated carbocycles. The topological polar surface area (TPSA) is 86.6 Å². The molecule has 0 aromatic rings. The van der Waals surface area contributed by atoms with Crippen molar-refractivity contribution in [2.75, 3.05) is 0 Å². The van der Waals surface area contributed by atoms with E-state index in [-0.39, 0.29) is 6.04 Å². The van der Waals surface area contributed by atoms with Gasteiger partial charge in [-0.05, 0) is 26.2 Å². The first kappa shape index (κ1) is 17.9. The number of rotatable bonds is 5. The fourth-order valence-corrected chi connectivity index (χ4v) is 0.758. The summed E-state index contributed by atoms with van der Waals surface area (Å²) in [6.07, 6.45) is 1.09. The molecule has 0 aliphatic heterocycles. The highest BCUT2D eigenvalue weighted by molar-refractivity contribution is 5.90. The Bertz CT molecular complexity index is 259. The maximum absolute atomic E-state index is 10.5. The first-order chi connectivity index (χ1) is 7.66. The van der Waals surface area contributed by atoms with Crippen LogP contribution >= 0.6 is 0 Å². The first-order valence-corrected chi connectivity index (χ1v) is 5.57. The van der Waals surface area contributed by atoms with Crippen molar-refractivity contribution in [1.82, 2.24) is 5.32 Å². The number of carbonyl (C=O) groups is 2. The molecule has 0 aromatic heterocycles. The summed E-state index contributed by atoms with van der Waals surface area (Å²) in [4.78, 5) is 20.4. The molecule has 5 nitrogen and oxygen atoms in total. The van der Waals surface area contributed by atoms with Gasteiger partial charge in [-0.3, -0.25) is 9.59 Å². The number of aliphatic hydroxyl groups is 1. The van der Waals surface area contributed by atoms with Crippen molar-refractivity contribution >= 4 is 11.9 Å². The lowest BCUT2D eigenvalue weighted by atomic mass is 10.1. The van der Waals surface area contributed by atoms with Crippen LogP contribution in [0.15, 0.2) is 12.3 Å². The Balaban J connectivity index is 0. The lowest BCUT2D eigenvalue weighted by Gasteiger charge is -2.05. The molecule has 0 fully saturated rings. The smallest absolute Gasteiger partial charge is 0.303 e. The Morgan fingerprint density at radius 1 is 1.18 bits per heavy atom. The molecule has 0 radical (unpaired) electrons. The molecule has 0 rings (SSSR count). The van der Waals surface area contributed by atoms with Gasteiger partial charge in [0.25, 0.3) is 5.91 Å². The molecular formula is C12H23NO4. The lowest BCUT2D eigenvalue weighted by Crippen LogP contribution is -2.30. The predicted octanol–water partition coefficient (Wildman–Crippen LogP) is 2.09. The van der Waals surface area contributed by atoms with Crippen molar-refractivity contribution in [1.29, 1.82) is 0 Å². The van der Waals surface area contributed by atoms with E-state index in [0.717, 1.165) is 6.42 Å². The highest BCUT2D eigenvalue weighted by Crippen LogP contribution is 2.01. The largest absolute Gasteiger partial charge is 0.503 e. The van der Waals surface area contributed by atoms with Crippen LogP contribution in [0.5, 0.6) is 0 Å². The molecule has 0 spiro atoms. The number of carboxylic acids is 1. The molecule has 0 unspecified atom stereocenters. The Hall–Kier alpha value is -1.52. The maximum Gasteiger partial charge on any atom is 0.303 e. The van der Waals surface area contributed by atoms with E-state index in [4.69, 9.17) is 10.2 Å². The summed E-state index contributed by atoms with van der Waals surface area (Å²) in [6, 6.07) is 0.0430. The standard InChI is InChI=1S/C6H11NO2.C6H12O2/c1-4(2)7-6(9)5(3)8;1-5(2)3-4-6(7)8/h4,8H,3H2,1-2H3,(H,7,9);5H,3-4H2,1-2H3,(H,7,8). The first-order valence-electron chi connectivity index (χ1n) is 5.57. The average Bonchev–Trinajstić information content (AvgIpc) is 2.14. The van der Waals surface area contributed by atoms with E-state index in [1.807, 2.05) is 13.8 Å². The van der Waals surface area contributed by atoms with Crippen LogP contribution in [-0.2, 0) is 9.59 Å². The summed E-state index contributed by atoms with van der Waals surface area (Å²) in [5, 5.41) is 19.1. The molecular weight excluding hydrogens is 222 g/mol. The minimum absolute atomic E-state index is 0.0430. The van der Waals surface area contributed by atoms with Crippen molar-refractivity contribution < 1.29 is 19.8 Å². The number of hydrogen-bond donors (Lipinski definition) is 3. The SMILES string of the molecule is C=C(O)C(=O)NC(C)C.CC(C)CCC(=O)O. The van der Waals surface area contributed by atoms with Gasteiger partial charge in [0.1, 0.15) is 0 Å². The van der Waals surface area contributed by atoms with E-state index >= 15 is 0 Å². The lowest BCUT2D eigenvalue weighted by molar-refractivity contribution is -0.137. The van der Waals surface area contributed by atoms with Crippen LogP contribution in [0.1, 0.15) is 40.5 Å². The summed E-state index contributed by atoms with van der Waals surface area (Å²) in [5.74, 6) is -1.14. The van der Waals surface area contributed by atoms with Gasteiger partial charge in [-0.2, -0.15) is 0 Å². The van der Waals surface area contributed by atoms with E-state index in [2.05, 4.69) is 11.9 Å². The van der Waals surface area contributed by atoms with Crippen LogP contribution in [0, 0.1) is 5.92 Å². The number of amides is 1. The molecule has 100 valence electrons. The van der Waals surface area contributed by atoms with Gasteiger partial charge in [0.15, 0.2) is 5.76 Å². The summed E-state index contributed by atoms with van der Waals surface area (Å²) in [5.41, 5.74) is 0. The maximum atomic E-state index is 10.5. The highest BCUT2D eigenvalue weighted by atomic mass is 16.4. The third-order valence-electron chi connectivity index (χ3n) is 1.62. The van der Waals surface area contributed by atoms with Crippen LogP contribution in [0.3, 0.4) is 0 Å². The van der Waals surface area contributed by atoms with Crippen LogP contribution < -0.4 is 5.32 Å². The second kappa shape index (κ2) is 9.69. The number of aliphatic carboxylic acids is 1. The third-order valence-corrected chi connectivity index (χ3v) is 1.62. The Morgan fingerprint density at radius 2 is 1.65 bits per heavy atom. The summed E-state index contributed by atoms with van der Waals surface area (Å²) in [6.45, 7) is 10.7. The van der Waals surface area contributed by atoms with Crippen molar-refractivity contribution in [2.24, 2.45) is 5.92 Å². The average molecular weight is 245 g/mol. The number of nitrogens with one attached hydrogen (secondary N) is 1. The minimum atomic E-state index is -0.696. The minimum Gasteiger partial charge on any atom is -0.503 e. The molecule has 0 bridgehead atoms. The Kier molecular flexibility index (Phi) is 10.2. The molecule has 1 amide bonds. The quantitative estimate of drug-likeness (QED) is 0.511. The van der Waals surface area contributed by atoms with Gasteiger partial charge in [-0.25, -0.2) is 0 Å². The fourth-order valence-electron chi connectivity index (χ4n) is 0.758. The zero-order chi connectivity index (χ0) is 14.0. The van der Waals surface area contributed by atoms with Gasteiger partial charge in [-0.15, -0.1) is 0 Å². The van der Waals surface area contributed by atoms with Crippen molar-refractivity contribution in [3.63, 3.8) is 0 Å². The van der Waals surface area contributed by atoms with Crippen molar-refractivity contribution in [2.45, 2.75) is 46.6 Å². The van der Waals surface area contributed by atoms with Gasteiger partial charge >= 0.3 is 5.97 Å². The predicted molar refractivity (Wildman–Crippen MR) is 66.8 cm³/mol. The zero-order valence-corrected chi connectivity index (χ0v) is 11.0. The zero-order valence-electron chi connectivity index (χ0n) is 11.0. The van der Waals surface area contributed by atoms with Gasteiger partial charge in [0, 0.05) is 12.5 Å². The van der Waals surface area contributed by atoms with Crippen LogP contribution in [-0.4, -0.2) is 28.1 Å². The summed E-state index contributed by atoms with van der Waals surface area (Å²) in [7, 11) is 0. The molecule has 0 heterocycles. The monoisotopic (exact) mass is 245 g/mol. The second-order valence-electron chi connectivity index (χ2n) is 4.40. The molecule has 0 aromatic carbocycles. The molecule has 0 aliphatic carbocycles. The molecule has 0 atom stereocenters. The third kappa shape index (κ3) is 17.1. The van der Waals surface area contributed by atoms with Gasteiger partial charge in [-0.1, -0.05) is 20.4 Å². The van der Waals surface area contributed by atoms with Crippen LogP contribution in [0.4, 0.5) is 0 Å². The van der Waals surface area contributed by atoms with Gasteiger partial charge in [0.05, 0.1) is 0 Å². The van der Waals surface area contributed by atoms with E-state index in [1.54, 1.807) is 13.8 Å². The molecule has 0 saturated heterocycles. The molecule has 0 aliphatic rings. The molecule has 3 N–H and O–H groups in total. The van der Waals surface area contributed by atoms with E-state index in [9.17, 15) is 9.59 Å². The second-order valence-corrected chi connectivity index (χ2v) is 4.40. The Labute approximate surface area is 103 Å². The fraction of sp³-hybridized carbons (Fsp3) is 0.667. The molecule has 17 heavy (non-hydrogen) atoms. The number of carbonyl (C=O) groups excluding carboxylic acids is 1. The molecule has 5 heteroatoms. The number of carboxylic acid groups (broad SMARTS) is 1. The number of hydrogen-bond acceptors (Lipinski definition) is 3. The van der Waals surface area contributed by atoms with Gasteiger partial charge in [0.2, 0.25) is 0 Å². The van der Waals surface area contributed by atoms with Gasteiger partial charge < -0.3 is 15.5 Å². The van der Waals surface area contributed by atoms with Crippen LogP contribution in [0.25, 0.3) is 0 Å². The van der Waals surface area contributed by atoms with Crippen molar-refractivity contribution in [3.05, 3.63) is 12.3 Å².